The van der Waals surface area contributed by atoms with E-state index in [9.17, 15) is 9.59 Å². The van der Waals surface area contributed by atoms with Gasteiger partial charge in [-0.3, -0.25) is 14.5 Å². The van der Waals surface area contributed by atoms with Crippen LogP contribution in [-0.4, -0.2) is 42.9 Å². The summed E-state index contributed by atoms with van der Waals surface area (Å²) in [7, 11) is 0. The fourth-order valence-corrected chi connectivity index (χ4v) is 2.55. The Labute approximate surface area is 153 Å². The molecule has 0 radical (unpaired) electrons. The van der Waals surface area contributed by atoms with Crippen molar-refractivity contribution < 1.29 is 9.59 Å². The number of rotatable bonds is 9. The van der Waals surface area contributed by atoms with Crippen LogP contribution in [0.2, 0.25) is 10.0 Å². The molecule has 0 heterocycles. The molecule has 0 aliphatic rings. The van der Waals surface area contributed by atoms with Gasteiger partial charge in [0.25, 0.3) is 0 Å². The third-order valence-corrected chi connectivity index (χ3v) is 3.73. The normalized spacial score (nSPS) is 11.0. The summed E-state index contributed by atoms with van der Waals surface area (Å²) in [6, 6.07) is 4.89. The van der Waals surface area contributed by atoms with E-state index in [0.717, 1.165) is 6.42 Å². The molecule has 0 unspecified atom stereocenters. The molecule has 0 aliphatic carbocycles. The smallest absolute Gasteiger partial charge is 0.238 e. The van der Waals surface area contributed by atoms with Crippen molar-refractivity contribution >= 4 is 40.7 Å². The Morgan fingerprint density at radius 1 is 1.17 bits per heavy atom. The third kappa shape index (κ3) is 7.99. The van der Waals surface area contributed by atoms with Gasteiger partial charge in [0, 0.05) is 11.6 Å². The van der Waals surface area contributed by atoms with Gasteiger partial charge in [-0.1, -0.05) is 44.0 Å². The summed E-state index contributed by atoms with van der Waals surface area (Å²) in [6.45, 7) is 7.69. The van der Waals surface area contributed by atoms with Gasteiger partial charge in [0.1, 0.15) is 0 Å². The first kappa shape index (κ1) is 20.7. The van der Waals surface area contributed by atoms with Gasteiger partial charge in [-0.15, -0.1) is 0 Å². The maximum absolute atomic E-state index is 12.2. The molecular weight excluding hydrogens is 349 g/mol. The highest BCUT2D eigenvalue weighted by Crippen LogP contribution is 2.25. The Hall–Kier alpha value is -1.30. The maximum atomic E-state index is 12.2. The van der Waals surface area contributed by atoms with Crippen LogP contribution in [0.3, 0.4) is 0 Å². The predicted octanol–water partition coefficient (Wildman–Crippen LogP) is 3.42. The fraction of sp³-hybridized carbons (Fsp3) is 0.529. The first-order chi connectivity index (χ1) is 11.3. The highest BCUT2D eigenvalue weighted by molar-refractivity contribution is 6.36. The average molecular weight is 374 g/mol. The first-order valence-electron chi connectivity index (χ1n) is 8.05. The molecule has 0 saturated carbocycles. The minimum atomic E-state index is -0.218. The summed E-state index contributed by atoms with van der Waals surface area (Å²) in [6.07, 6.45) is 0.854. The molecule has 0 atom stereocenters. The first-order valence-corrected chi connectivity index (χ1v) is 8.81. The minimum Gasteiger partial charge on any atom is -0.355 e. The van der Waals surface area contributed by atoms with Crippen LogP contribution in [0.1, 0.15) is 27.2 Å². The van der Waals surface area contributed by atoms with Crippen molar-refractivity contribution in [3.63, 3.8) is 0 Å². The summed E-state index contributed by atoms with van der Waals surface area (Å²) in [5.41, 5.74) is 0.506. The average Bonchev–Trinajstić information content (AvgIpc) is 2.48. The van der Waals surface area contributed by atoms with E-state index in [1.54, 1.807) is 18.2 Å². The van der Waals surface area contributed by atoms with Crippen LogP contribution in [-0.2, 0) is 9.59 Å². The lowest BCUT2D eigenvalue weighted by Crippen LogP contribution is -2.42. The van der Waals surface area contributed by atoms with Gasteiger partial charge in [-0.05, 0) is 37.1 Å². The lowest BCUT2D eigenvalue weighted by molar-refractivity contribution is -0.123. The van der Waals surface area contributed by atoms with E-state index in [2.05, 4.69) is 10.6 Å². The highest BCUT2D eigenvalue weighted by atomic mass is 35.5. The molecule has 0 aliphatic heterocycles. The summed E-state index contributed by atoms with van der Waals surface area (Å²) in [5.74, 6) is 0.0997. The number of hydrogen-bond acceptors (Lipinski definition) is 3. The number of anilines is 1. The van der Waals surface area contributed by atoms with E-state index in [0.29, 0.717) is 34.7 Å². The van der Waals surface area contributed by atoms with Crippen molar-refractivity contribution in [1.29, 1.82) is 0 Å². The summed E-state index contributed by atoms with van der Waals surface area (Å²) in [4.78, 5) is 26.0. The lowest BCUT2D eigenvalue weighted by Gasteiger charge is -2.21. The third-order valence-electron chi connectivity index (χ3n) is 3.19. The van der Waals surface area contributed by atoms with Gasteiger partial charge in [0.2, 0.25) is 11.8 Å². The van der Waals surface area contributed by atoms with Crippen LogP contribution in [0.4, 0.5) is 5.69 Å². The quantitative estimate of drug-likeness (QED) is 0.696. The Morgan fingerprint density at radius 2 is 1.83 bits per heavy atom. The second-order valence-electron chi connectivity index (χ2n) is 6.08. The van der Waals surface area contributed by atoms with Gasteiger partial charge in [0.15, 0.2) is 0 Å². The van der Waals surface area contributed by atoms with E-state index in [4.69, 9.17) is 23.2 Å². The number of nitrogens with zero attached hydrogens (tertiary/aromatic N) is 1. The van der Waals surface area contributed by atoms with Gasteiger partial charge in [0.05, 0.1) is 23.8 Å². The molecule has 134 valence electrons. The second kappa shape index (κ2) is 10.5. The van der Waals surface area contributed by atoms with Crippen molar-refractivity contribution in [2.45, 2.75) is 27.2 Å². The van der Waals surface area contributed by atoms with Crippen molar-refractivity contribution in [3.05, 3.63) is 28.2 Å². The molecule has 1 rings (SSSR count). The minimum absolute atomic E-state index is 0.0746. The summed E-state index contributed by atoms with van der Waals surface area (Å²) >= 11 is 11.9. The number of carbonyl (C=O) groups excluding carboxylic acids is 2. The van der Waals surface area contributed by atoms with Gasteiger partial charge >= 0.3 is 0 Å². The van der Waals surface area contributed by atoms with E-state index >= 15 is 0 Å². The maximum Gasteiger partial charge on any atom is 0.238 e. The molecule has 0 bridgehead atoms. The predicted molar refractivity (Wildman–Crippen MR) is 99.7 cm³/mol. The van der Waals surface area contributed by atoms with Crippen molar-refractivity contribution in [2.24, 2.45) is 5.92 Å². The van der Waals surface area contributed by atoms with E-state index in [1.165, 1.54) is 0 Å². The van der Waals surface area contributed by atoms with Gasteiger partial charge in [-0.25, -0.2) is 0 Å². The molecule has 0 saturated heterocycles. The highest BCUT2D eigenvalue weighted by Gasteiger charge is 2.15. The van der Waals surface area contributed by atoms with Crippen LogP contribution in [0.15, 0.2) is 18.2 Å². The zero-order valence-corrected chi connectivity index (χ0v) is 15.9. The SMILES string of the molecule is CCCN(CC(=O)NCC(C)C)CC(=O)Nc1ccc(Cl)cc1Cl. The van der Waals surface area contributed by atoms with Crippen LogP contribution in [0, 0.1) is 5.92 Å². The standard InChI is InChI=1S/C17H25Cl2N3O2/c1-4-7-22(10-16(23)20-9-12(2)3)11-17(24)21-15-6-5-13(18)8-14(15)19/h5-6,8,12H,4,7,9-11H2,1-3H3,(H,20,23)(H,21,24). The molecule has 2 amide bonds. The monoisotopic (exact) mass is 373 g/mol. The molecule has 24 heavy (non-hydrogen) atoms. The van der Waals surface area contributed by atoms with E-state index in [1.807, 2.05) is 25.7 Å². The Balaban J connectivity index is 2.57. The van der Waals surface area contributed by atoms with Gasteiger partial charge in [-0.2, -0.15) is 0 Å². The topological polar surface area (TPSA) is 61.4 Å². The second-order valence-corrected chi connectivity index (χ2v) is 6.92. The molecule has 7 heteroatoms. The van der Waals surface area contributed by atoms with Crippen LogP contribution < -0.4 is 10.6 Å². The molecule has 2 N–H and O–H groups in total. The molecule has 5 nitrogen and oxygen atoms in total. The number of amides is 2. The molecule has 0 fully saturated rings. The van der Waals surface area contributed by atoms with E-state index < -0.39 is 0 Å². The Morgan fingerprint density at radius 3 is 2.42 bits per heavy atom. The number of benzene rings is 1. The molecule has 0 aromatic heterocycles. The molecule has 1 aromatic rings. The largest absolute Gasteiger partial charge is 0.355 e. The van der Waals surface area contributed by atoms with Crippen LogP contribution >= 0.6 is 23.2 Å². The van der Waals surface area contributed by atoms with Crippen molar-refractivity contribution in [2.75, 3.05) is 31.5 Å². The zero-order chi connectivity index (χ0) is 18.1. The Bertz CT molecular complexity index is 565. The fourth-order valence-electron chi connectivity index (χ4n) is 2.09. The van der Waals surface area contributed by atoms with Crippen LogP contribution in [0.5, 0.6) is 0 Å². The number of hydrogen-bond donors (Lipinski definition) is 2. The number of nitrogens with one attached hydrogen (secondary N) is 2. The van der Waals surface area contributed by atoms with Crippen LogP contribution in [0.25, 0.3) is 0 Å². The molecule has 0 spiro atoms. The van der Waals surface area contributed by atoms with E-state index in [-0.39, 0.29) is 24.9 Å². The summed E-state index contributed by atoms with van der Waals surface area (Å²) < 4.78 is 0. The van der Waals surface area contributed by atoms with Crippen molar-refractivity contribution in [3.8, 4) is 0 Å². The molecule has 1 aromatic carbocycles. The lowest BCUT2D eigenvalue weighted by atomic mass is 10.2. The Kier molecular flexibility index (Phi) is 9.11. The van der Waals surface area contributed by atoms with Gasteiger partial charge < -0.3 is 10.6 Å². The number of halogens is 2. The molecular formula is C17H25Cl2N3O2. The number of carbonyl (C=O) groups is 2. The summed E-state index contributed by atoms with van der Waals surface area (Å²) in [5, 5.41) is 6.50. The van der Waals surface area contributed by atoms with Crippen molar-refractivity contribution in [1.82, 2.24) is 10.2 Å². The zero-order valence-electron chi connectivity index (χ0n) is 14.4.